The Hall–Kier alpha value is -6.51. The first-order valence-corrected chi connectivity index (χ1v) is 19.7. The maximum Gasteiger partial charge on any atom is 0.355 e. The van der Waals surface area contributed by atoms with Gasteiger partial charge in [-0.15, -0.1) is 11.8 Å². The molecule has 14 heteroatoms. The molecule has 2 N–H and O–H groups in total. The third kappa shape index (κ3) is 7.95. The number of ether oxygens (including phenoxy) is 2. The molecule has 1 aromatic heterocycles. The van der Waals surface area contributed by atoms with Crippen LogP contribution >= 0.6 is 23.3 Å². The number of nitrogens with zero attached hydrogens (tertiary/aromatic N) is 4. The molecule has 0 radical (unpaired) electrons. The van der Waals surface area contributed by atoms with Crippen molar-refractivity contribution in [2.24, 2.45) is 5.16 Å². The highest BCUT2D eigenvalue weighted by atomic mass is 32.2. The highest BCUT2D eigenvalue weighted by Crippen LogP contribution is 2.42. The number of rotatable bonds is 15. The van der Waals surface area contributed by atoms with Crippen molar-refractivity contribution in [3.63, 3.8) is 0 Å². The summed E-state index contributed by atoms with van der Waals surface area (Å²) in [5, 5.41) is 10.3. The molecule has 2 aliphatic rings. The number of aromatic nitrogens is 2. The number of esters is 1. The van der Waals surface area contributed by atoms with Crippen molar-refractivity contribution in [2.45, 2.75) is 23.6 Å². The molecule has 57 heavy (non-hydrogen) atoms. The summed E-state index contributed by atoms with van der Waals surface area (Å²) in [7, 11) is 2.88. The Kier molecular flexibility index (Phi) is 11.9. The molecule has 1 fully saturated rings. The predicted molar refractivity (Wildman–Crippen MR) is 220 cm³/mol. The summed E-state index contributed by atoms with van der Waals surface area (Å²) in [5.41, 5.74) is 3.23. The predicted octanol–water partition coefficient (Wildman–Crippen LogP) is 6.44. The van der Waals surface area contributed by atoms with Crippen molar-refractivity contribution in [3.05, 3.63) is 179 Å². The lowest BCUT2D eigenvalue weighted by molar-refractivity contribution is -0.153. The topological polar surface area (TPSA) is 144 Å². The zero-order chi connectivity index (χ0) is 39.8. The number of thioether (sulfide) groups is 1. The van der Waals surface area contributed by atoms with Gasteiger partial charge in [0.25, 0.3) is 11.8 Å². The molecule has 2 amide bonds. The highest BCUT2D eigenvalue weighted by molar-refractivity contribution is 8.00. The molecule has 2 aliphatic heterocycles. The van der Waals surface area contributed by atoms with E-state index in [1.165, 1.54) is 23.8 Å². The molecule has 5 aromatic rings. The van der Waals surface area contributed by atoms with Crippen LogP contribution in [-0.2, 0) is 36.1 Å². The molecule has 1 saturated heterocycles. The maximum atomic E-state index is 13.9. The largest absolute Gasteiger partial charge is 0.497 e. The van der Waals surface area contributed by atoms with E-state index in [1.54, 1.807) is 49.6 Å². The summed E-state index contributed by atoms with van der Waals surface area (Å²) in [4.78, 5) is 52.4. The van der Waals surface area contributed by atoms with Gasteiger partial charge in [0.05, 0.1) is 7.11 Å². The van der Waals surface area contributed by atoms with Gasteiger partial charge in [-0.25, -0.2) is 4.79 Å². The van der Waals surface area contributed by atoms with E-state index in [9.17, 15) is 14.4 Å². The number of hydrogen-bond donors (Lipinski definition) is 2. The zero-order valence-electron chi connectivity index (χ0n) is 31.0. The number of oxime groups is 1. The Labute approximate surface area is 338 Å². The zero-order valence-corrected chi connectivity index (χ0v) is 32.7. The monoisotopic (exact) mass is 798 g/mol. The normalized spacial score (nSPS) is 16.7. The molecular weight excluding hydrogens is 761 g/mol. The minimum Gasteiger partial charge on any atom is -0.497 e. The van der Waals surface area contributed by atoms with Gasteiger partial charge in [-0.2, -0.15) is 9.36 Å². The lowest BCUT2D eigenvalue weighted by Gasteiger charge is -2.49. The summed E-state index contributed by atoms with van der Waals surface area (Å²) in [6.45, 7) is 3.71. The molecule has 3 heterocycles. The van der Waals surface area contributed by atoms with Crippen LogP contribution in [-0.4, -0.2) is 69.1 Å². The first-order chi connectivity index (χ1) is 27.9. The average molecular weight is 799 g/mol. The van der Waals surface area contributed by atoms with Crippen molar-refractivity contribution in [1.29, 1.82) is 0 Å². The molecule has 2 atom stereocenters. The molecule has 0 aliphatic carbocycles. The van der Waals surface area contributed by atoms with Gasteiger partial charge in [-0.3, -0.25) is 14.5 Å². The fourth-order valence-electron chi connectivity index (χ4n) is 6.68. The Balaban J connectivity index is 1.12. The van der Waals surface area contributed by atoms with Crippen LogP contribution < -0.4 is 15.4 Å². The van der Waals surface area contributed by atoms with Crippen LogP contribution in [0.3, 0.4) is 0 Å². The summed E-state index contributed by atoms with van der Waals surface area (Å²) in [6.07, 6.45) is 5.00. The number of fused-ring (bicyclic) bond motifs is 1. The molecule has 0 saturated carbocycles. The molecule has 0 bridgehead atoms. The summed E-state index contributed by atoms with van der Waals surface area (Å²) in [5.74, 6) is -0.802. The molecule has 0 spiro atoms. The van der Waals surface area contributed by atoms with Crippen molar-refractivity contribution in [2.75, 3.05) is 25.3 Å². The highest BCUT2D eigenvalue weighted by Gasteiger charge is 2.54. The van der Waals surface area contributed by atoms with Gasteiger partial charge in [0, 0.05) is 17.3 Å². The minimum absolute atomic E-state index is 0.00408. The van der Waals surface area contributed by atoms with E-state index in [-0.39, 0.29) is 23.8 Å². The first kappa shape index (κ1) is 38.8. The lowest BCUT2D eigenvalue weighted by atomic mass is 9.77. The number of hydrogen-bond acceptors (Lipinski definition) is 12. The number of anilines is 1. The van der Waals surface area contributed by atoms with Crippen LogP contribution in [0, 0.1) is 0 Å². The van der Waals surface area contributed by atoms with Gasteiger partial charge in [0.1, 0.15) is 42.1 Å². The van der Waals surface area contributed by atoms with E-state index in [4.69, 9.17) is 19.3 Å². The van der Waals surface area contributed by atoms with Crippen LogP contribution in [0.25, 0.3) is 0 Å². The number of benzene rings is 4. The number of allylic oxidation sites excluding steroid dienone is 3. The summed E-state index contributed by atoms with van der Waals surface area (Å²) < 4.78 is 15.4. The Morgan fingerprint density at radius 2 is 1.54 bits per heavy atom. The molecule has 4 aromatic carbocycles. The van der Waals surface area contributed by atoms with E-state index in [2.05, 4.69) is 26.7 Å². The molecular formula is C43H38N6O6S2. The number of methoxy groups -OCH3 is 1. The third-order valence-electron chi connectivity index (χ3n) is 9.39. The smallest absolute Gasteiger partial charge is 0.355 e. The van der Waals surface area contributed by atoms with Crippen molar-refractivity contribution >= 4 is 51.9 Å². The summed E-state index contributed by atoms with van der Waals surface area (Å²) >= 11 is 2.46. The van der Waals surface area contributed by atoms with Gasteiger partial charge in [-0.05, 0) is 40.0 Å². The Morgan fingerprint density at radius 1 is 0.930 bits per heavy atom. The van der Waals surface area contributed by atoms with Crippen molar-refractivity contribution in [3.8, 4) is 5.75 Å². The Morgan fingerprint density at radius 3 is 2.11 bits per heavy atom. The van der Waals surface area contributed by atoms with E-state index >= 15 is 0 Å². The Bertz CT molecular complexity index is 2240. The second-order valence-corrected chi connectivity index (χ2v) is 14.6. The van der Waals surface area contributed by atoms with Crippen LogP contribution in [0.5, 0.6) is 5.75 Å². The standard InChI is InChI=1S/C43H38N6O6S2/c1-4-5-15-29-27-56-40-35(39(51)49(40)36(29)41(52)55-26-28-22-24-33(53-2)25-23-28)44-38(50)34(47-54-3)37-45-42(57-48-37)46-43(30-16-9-6-10-17-30,31-18-11-7-12-19-31)32-20-13-8-14-21-32/h4-25,35,40H,1,26-27H2,2-3H3,(H,44,50)(H,45,46,48)/b15-5+,47-34-/t35-,40+/m1/s1. The van der Waals surface area contributed by atoms with Crippen LogP contribution in [0.2, 0.25) is 0 Å². The molecule has 288 valence electrons. The number of β-lactam (4-membered cyclic amide) rings is 1. The molecule has 0 unspecified atom stereocenters. The van der Waals surface area contributed by atoms with Gasteiger partial charge in [0.15, 0.2) is 0 Å². The number of carbonyl (C=O) groups excluding carboxylic acids is 3. The molecule has 12 nitrogen and oxygen atoms in total. The molecule has 7 rings (SSSR count). The fourth-order valence-corrected chi connectivity index (χ4v) is 8.62. The lowest BCUT2D eigenvalue weighted by Crippen LogP contribution is -2.71. The van der Waals surface area contributed by atoms with Crippen LogP contribution in [0.1, 0.15) is 28.1 Å². The van der Waals surface area contributed by atoms with E-state index < -0.39 is 34.7 Å². The van der Waals surface area contributed by atoms with E-state index in [0.29, 0.717) is 22.2 Å². The van der Waals surface area contributed by atoms with Crippen LogP contribution in [0.15, 0.2) is 156 Å². The second-order valence-electron chi connectivity index (χ2n) is 12.8. The van der Waals surface area contributed by atoms with Crippen LogP contribution in [0.4, 0.5) is 5.13 Å². The van der Waals surface area contributed by atoms with Crippen molar-refractivity contribution < 1.29 is 28.7 Å². The van der Waals surface area contributed by atoms with Crippen molar-refractivity contribution in [1.82, 2.24) is 19.6 Å². The third-order valence-corrected chi connectivity index (χ3v) is 11.3. The van der Waals surface area contributed by atoms with E-state index in [1.807, 2.05) is 91.0 Å². The minimum atomic E-state index is -0.975. The fraction of sp³-hybridized carbons (Fsp3) is 0.163. The summed E-state index contributed by atoms with van der Waals surface area (Å²) in [6, 6.07) is 36.2. The second kappa shape index (κ2) is 17.5. The first-order valence-electron chi connectivity index (χ1n) is 17.9. The SMILES string of the molecule is C=C/C=C/C1=C(C(=O)OCc2ccc(OC)cc2)N2C(=O)[C@@H](NC(=O)/C(=N\OC)c3nsc(NC(c4ccccc4)(c4ccccc4)c4ccccc4)n3)[C@@H]2SC1. The van der Waals surface area contributed by atoms with Gasteiger partial charge >= 0.3 is 5.97 Å². The number of amides is 2. The maximum absolute atomic E-state index is 13.9. The quantitative estimate of drug-likeness (QED) is 0.0303. The van der Waals surface area contributed by atoms with Gasteiger partial charge in [0.2, 0.25) is 16.7 Å². The van der Waals surface area contributed by atoms with Gasteiger partial charge in [-0.1, -0.05) is 133 Å². The van der Waals surface area contributed by atoms with Gasteiger partial charge < -0.3 is 24.9 Å². The number of nitrogens with one attached hydrogen (secondary N) is 2. The average Bonchev–Trinajstić information content (AvgIpc) is 3.73. The number of carbonyl (C=O) groups is 3. The van der Waals surface area contributed by atoms with E-state index in [0.717, 1.165) is 33.8 Å².